The summed E-state index contributed by atoms with van der Waals surface area (Å²) in [7, 11) is 0. The topological polar surface area (TPSA) is 102 Å². The van der Waals surface area contributed by atoms with Crippen LogP contribution in [0.1, 0.15) is 31.3 Å². The van der Waals surface area contributed by atoms with E-state index >= 15 is 0 Å². The molecule has 0 unspecified atom stereocenters. The van der Waals surface area contributed by atoms with Gasteiger partial charge in [0.2, 0.25) is 5.69 Å². The van der Waals surface area contributed by atoms with Crippen molar-refractivity contribution in [1.82, 2.24) is 5.16 Å². The van der Waals surface area contributed by atoms with Gasteiger partial charge in [0, 0.05) is 0 Å². The van der Waals surface area contributed by atoms with Crippen LogP contribution in [0.5, 0.6) is 0 Å². The van der Waals surface area contributed by atoms with E-state index in [1.54, 1.807) is 20.8 Å². The molecule has 0 aliphatic carbocycles. The first-order valence-electron chi connectivity index (χ1n) is 4.47. The molecule has 0 bridgehead atoms. The fraction of sp³-hybridized carbons (Fsp3) is 0.444. The number of aromatic carboxylic acids is 1. The van der Waals surface area contributed by atoms with E-state index in [1.165, 1.54) is 0 Å². The third kappa shape index (κ3) is 3.26. The molecular weight excluding hydrogens is 216 g/mol. The molecule has 16 heavy (non-hydrogen) atoms. The Labute approximate surface area is 91.4 Å². The van der Waals surface area contributed by atoms with Crippen molar-refractivity contribution < 1.29 is 24.0 Å². The molecule has 0 aliphatic rings. The van der Waals surface area contributed by atoms with Gasteiger partial charge in [0.1, 0.15) is 17.6 Å². The lowest BCUT2D eigenvalue weighted by Crippen LogP contribution is -2.27. The Hall–Kier alpha value is -2.05. The molecule has 0 aliphatic heterocycles. The van der Waals surface area contributed by atoms with E-state index < -0.39 is 17.7 Å². The minimum absolute atomic E-state index is 0.0400. The quantitative estimate of drug-likeness (QED) is 0.799. The summed E-state index contributed by atoms with van der Waals surface area (Å²) in [6.45, 7) is 5.08. The van der Waals surface area contributed by atoms with Gasteiger partial charge in [-0.15, -0.1) is 0 Å². The van der Waals surface area contributed by atoms with Gasteiger partial charge in [-0.05, 0) is 20.8 Å². The minimum Gasteiger partial charge on any atom is -0.476 e. The SMILES string of the molecule is CC(C)(C)OC(=O)Nc1conc1C(=O)O. The Kier molecular flexibility index (Phi) is 3.17. The third-order valence-electron chi connectivity index (χ3n) is 1.41. The Morgan fingerprint density at radius 1 is 1.50 bits per heavy atom. The van der Waals surface area contributed by atoms with E-state index in [1.807, 2.05) is 0 Å². The number of aromatic nitrogens is 1. The van der Waals surface area contributed by atoms with Crippen molar-refractivity contribution in [2.45, 2.75) is 26.4 Å². The summed E-state index contributed by atoms with van der Waals surface area (Å²) in [6.07, 6.45) is 0.256. The standard InChI is InChI=1S/C9H12N2O5/c1-9(2,3)16-8(14)10-5-4-15-11-6(5)7(12)13/h4H,1-3H3,(H,10,14)(H,12,13). The lowest BCUT2D eigenvalue weighted by atomic mass is 10.2. The van der Waals surface area contributed by atoms with Crippen LogP contribution in [0.4, 0.5) is 10.5 Å². The van der Waals surface area contributed by atoms with Crippen LogP contribution >= 0.6 is 0 Å². The molecule has 0 aromatic carbocycles. The highest BCUT2D eigenvalue weighted by atomic mass is 16.6. The number of carboxylic acids is 1. The minimum atomic E-state index is -1.29. The smallest absolute Gasteiger partial charge is 0.412 e. The van der Waals surface area contributed by atoms with E-state index in [0.717, 1.165) is 6.26 Å². The van der Waals surface area contributed by atoms with Crippen molar-refractivity contribution in [3.8, 4) is 0 Å². The predicted octanol–water partition coefficient (Wildman–Crippen LogP) is 1.72. The van der Waals surface area contributed by atoms with Crippen LogP contribution in [0.3, 0.4) is 0 Å². The number of rotatable bonds is 2. The van der Waals surface area contributed by atoms with Crippen molar-refractivity contribution >= 4 is 17.7 Å². The Bertz CT molecular complexity index is 404. The van der Waals surface area contributed by atoms with Crippen LogP contribution in [-0.2, 0) is 4.74 Å². The average Bonchev–Trinajstić information content (AvgIpc) is 2.47. The van der Waals surface area contributed by atoms with E-state index in [4.69, 9.17) is 9.84 Å². The molecule has 2 N–H and O–H groups in total. The summed E-state index contributed by atoms with van der Waals surface area (Å²) in [6, 6.07) is 0. The zero-order valence-electron chi connectivity index (χ0n) is 9.10. The molecular formula is C9H12N2O5. The van der Waals surface area contributed by atoms with Gasteiger partial charge in [0.05, 0.1) is 0 Å². The molecule has 1 aromatic heterocycles. The molecule has 7 heteroatoms. The maximum Gasteiger partial charge on any atom is 0.412 e. The second kappa shape index (κ2) is 4.21. The highest BCUT2D eigenvalue weighted by Gasteiger charge is 2.21. The summed E-state index contributed by atoms with van der Waals surface area (Å²) in [4.78, 5) is 21.9. The molecule has 7 nitrogen and oxygen atoms in total. The second-order valence-corrected chi connectivity index (χ2v) is 4.01. The number of nitrogens with zero attached hydrogens (tertiary/aromatic N) is 1. The average molecular weight is 228 g/mol. The van der Waals surface area contributed by atoms with Crippen LogP contribution < -0.4 is 5.32 Å². The zero-order chi connectivity index (χ0) is 12.3. The van der Waals surface area contributed by atoms with Crippen LogP contribution in [0.15, 0.2) is 10.8 Å². The first-order chi connectivity index (χ1) is 7.29. The Morgan fingerprint density at radius 3 is 2.62 bits per heavy atom. The fourth-order valence-corrected chi connectivity index (χ4v) is 0.893. The number of carbonyl (C=O) groups excluding carboxylic acids is 1. The van der Waals surface area contributed by atoms with Crippen LogP contribution in [0.2, 0.25) is 0 Å². The first-order valence-corrected chi connectivity index (χ1v) is 4.47. The fourth-order valence-electron chi connectivity index (χ4n) is 0.893. The highest BCUT2D eigenvalue weighted by Crippen LogP contribution is 2.15. The number of carbonyl (C=O) groups is 2. The first kappa shape index (κ1) is 12.0. The molecule has 0 saturated carbocycles. The van der Waals surface area contributed by atoms with E-state index in [-0.39, 0.29) is 11.4 Å². The monoisotopic (exact) mass is 228 g/mol. The Morgan fingerprint density at radius 2 is 2.12 bits per heavy atom. The van der Waals surface area contributed by atoms with Crippen LogP contribution in [0, 0.1) is 0 Å². The summed E-state index contributed by atoms with van der Waals surface area (Å²) < 4.78 is 9.37. The van der Waals surface area contributed by atoms with E-state index in [0.29, 0.717) is 0 Å². The van der Waals surface area contributed by atoms with E-state index in [9.17, 15) is 9.59 Å². The summed E-state index contributed by atoms with van der Waals surface area (Å²) >= 11 is 0. The lowest BCUT2D eigenvalue weighted by Gasteiger charge is -2.19. The van der Waals surface area contributed by atoms with Gasteiger partial charge in [-0.25, -0.2) is 9.59 Å². The third-order valence-corrected chi connectivity index (χ3v) is 1.41. The van der Waals surface area contributed by atoms with E-state index in [2.05, 4.69) is 15.0 Å². The number of anilines is 1. The highest BCUT2D eigenvalue weighted by molar-refractivity contribution is 5.96. The number of carboxylic acid groups (broad SMARTS) is 1. The van der Waals surface area contributed by atoms with Crippen LogP contribution in [-0.4, -0.2) is 27.9 Å². The van der Waals surface area contributed by atoms with Crippen molar-refractivity contribution in [1.29, 1.82) is 0 Å². The molecule has 0 saturated heterocycles. The normalized spacial score (nSPS) is 10.9. The van der Waals surface area contributed by atoms with Crippen molar-refractivity contribution in [3.05, 3.63) is 12.0 Å². The Balaban J connectivity index is 2.70. The molecule has 1 heterocycles. The molecule has 1 aromatic rings. The maximum absolute atomic E-state index is 11.3. The molecule has 1 amide bonds. The van der Waals surface area contributed by atoms with Gasteiger partial charge in [-0.1, -0.05) is 5.16 Å². The van der Waals surface area contributed by atoms with Gasteiger partial charge in [-0.3, -0.25) is 5.32 Å². The van der Waals surface area contributed by atoms with Gasteiger partial charge in [0.15, 0.2) is 0 Å². The van der Waals surface area contributed by atoms with Crippen molar-refractivity contribution in [3.63, 3.8) is 0 Å². The second-order valence-electron chi connectivity index (χ2n) is 4.01. The van der Waals surface area contributed by atoms with Gasteiger partial charge >= 0.3 is 12.1 Å². The van der Waals surface area contributed by atoms with Gasteiger partial charge in [-0.2, -0.15) is 0 Å². The van der Waals surface area contributed by atoms with Gasteiger partial charge < -0.3 is 14.4 Å². The maximum atomic E-state index is 11.3. The summed E-state index contributed by atoms with van der Waals surface area (Å²) in [5, 5.41) is 14.1. The van der Waals surface area contributed by atoms with Crippen molar-refractivity contribution in [2.75, 3.05) is 5.32 Å². The molecule has 0 fully saturated rings. The largest absolute Gasteiger partial charge is 0.476 e. The number of hydrogen-bond donors (Lipinski definition) is 2. The predicted molar refractivity (Wildman–Crippen MR) is 53.3 cm³/mol. The number of nitrogens with one attached hydrogen (secondary N) is 1. The number of ether oxygens (including phenoxy) is 1. The molecule has 88 valence electrons. The number of hydrogen-bond acceptors (Lipinski definition) is 5. The summed E-state index contributed by atoms with van der Waals surface area (Å²) in [5.74, 6) is -1.29. The molecule has 0 radical (unpaired) electrons. The lowest BCUT2D eigenvalue weighted by molar-refractivity contribution is 0.0636. The molecule has 1 rings (SSSR count). The van der Waals surface area contributed by atoms with Gasteiger partial charge in [0.25, 0.3) is 0 Å². The number of amides is 1. The summed E-state index contributed by atoms with van der Waals surface area (Å²) in [5.41, 5.74) is -1.07. The van der Waals surface area contributed by atoms with Crippen LogP contribution in [0.25, 0.3) is 0 Å². The zero-order valence-corrected chi connectivity index (χ0v) is 9.10. The van der Waals surface area contributed by atoms with Crippen molar-refractivity contribution in [2.24, 2.45) is 0 Å². The molecule has 0 spiro atoms. The molecule has 0 atom stereocenters.